The molecule has 212 valence electrons. The van der Waals surface area contributed by atoms with Gasteiger partial charge in [0, 0.05) is 27.5 Å². The maximum absolute atomic E-state index is 8.50. The minimum atomic E-state index is -2.00. The van der Waals surface area contributed by atoms with Gasteiger partial charge in [0.15, 0.2) is 26.1 Å². The molecule has 0 bridgehead atoms. The van der Waals surface area contributed by atoms with Crippen molar-refractivity contribution in [2.24, 2.45) is 0 Å². The van der Waals surface area contributed by atoms with Crippen LogP contribution in [0, 0.1) is 20.2 Å². The van der Waals surface area contributed by atoms with E-state index in [1.807, 2.05) is 6.66 Å². The second-order valence-corrected chi connectivity index (χ2v) is 27.0. The first-order valence-corrected chi connectivity index (χ1v) is 26.5. The number of nitrogens with zero attached hydrogens (tertiary/aromatic N) is 2. The average Bonchev–Trinajstić information content (AvgIpc) is 2.51. The van der Waals surface area contributed by atoms with Crippen molar-refractivity contribution in [3.05, 3.63) is 20.2 Å². The maximum atomic E-state index is 8.50. The average molecular weight is 735 g/mol. The van der Waals surface area contributed by atoms with Gasteiger partial charge < -0.3 is 32.7 Å². The van der Waals surface area contributed by atoms with E-state index in [2.05, 4.69) is 58.9 Å². The van der Waals surface area contributed by atoms with E-state index in [1.54, 1.807) is 0 Å². The summed E-state index contributed by atoms with van der Waals surface area (Å²) in [5, 5.41) is 34.3. The first-order valence-electron chi connectivity index (χ1n) is 9.02. The molecule has 0 aromatic heterocycles. The zero-order valence-electron chi connectivity index (χ0n) is 21.5. The summed E-state index contributed by atoms with van der Waals surface area (Å²) in [4.78, 5) is 24.7. The molecule has 0 saturated carbocycles. The van der Waals surface area contributed by atoms with Gasteiger partial charge in [0.25, 0.3) is 19.5 Å². The summed E-state index contributed by atoms with van der Waals surface area (Å²) in [5.41, 5.74) is 0. The molecule has 0 fully saturated rings. The number of hydrogen-bond acceptors (Lipinski definition) is 11. The fourth-order valence-electron chi connectivity index (χ4n) is 1.68. The zero-order chi connectivity index (χ0) is 28.5. The SMILES string of the molecule is CO.CP[SiH2]O.C[SiH](O[Si](C)(C)C)O[Si](C)(C)O[Si](C)(C)C.O=[N+]([O-])O.O=[N+]([O-])O.[O]=[Ti]=[O].[Pd]. The third-order valence-electron chi connectivity index (χ3n) is 1.68. The first kappa shape index (κ1) is 51.4. The van der Waals surface area contributed by atoms with Crippen molar-refractivity contribution in [1.29, 1.82) is 0 Å². The fourth-order valence-corrected chi connectivity index (χ4v) is 16.0. The second kappa shape index (κ2) is 31.7. The fraction of sp³-hybridized carbons (Fsp3) is 1.00. The Labute approximate surface area is 232 Å². The van der Waals surface area contributed by atoms with E-state index in [4.69, 9.17) is 59.5 Å². The monoisotopic (exact) mass is 734 g/mol. The summed E-state index contributed by atoms with van der Waals surface area (Å²) in [6, 6.07) is 0. The third kappa shape index (κ3) is 105. The Morgan fingerprint density at radius 3 is 1.26 bits per heavy atom. The minimum absolute atomic E-state index is 0. The Morgan fingerprint density at radius 1 is 0.882 bits per heavy atom. The molecule has 0 rings (SSSR count). The van der Waals surface area contributed by atoms with Gasteiger partial charge in [-0.1, -0.05) is 0 Å². The van der Waals surface area contributed by atoms with Gasteiger partial charge in [-0.2, -0.15) is 0 Å². The van der Waals surface area contributed by atoms with E-state index in [9.17, 15) is 0 Å². The van der Waals surface area contributed by atoms with Crippen LogP contribution in [0.5, 0.6) is 0 Å². The van der Waals surface area contributed by atoms with Crippen LogP contribution in [-0.2, 0) is 58.5 Å². The van der Waals surface area contributed by atoms with Crippen LogP contribution >= 0.6 is 8.13 Å². The molecule has 0 spiro atoms. The van der Waals surface area contributed by atoms with Crippen LogP contribution in [0.25, 0.3) is 0 Å². The molecule has 0 aromatic carbocycles. The molecule has 2 atom stereocenters. The van der Waals surface area contributed by atoms with Gasteiger partial charge in [0.2, 0.25) is 0 Å². The number of aliphatic hydroxyl groups excluding tert-OH is 1. The Bertz CT molecular complexity index is 491. The van der Waals surface area contributed by atoms with Crippen molar-refractivity contribution in [2.75, 3.05) is 13.8 Å². The predicted molar refractivity (Wildman–Crippen MR) is 133 cm³/mol. The predicted octanol–water partition coefficient (Wildman–Crippen LogP) is 1.21. The molecule has 0 saturated heterocycles. The van der Waals surface area contributed by atoms with E-state index >= 15 is 0 Å². The van der Waals surface area contributed by atoms with E-state index in [0.717, 1.165) is 15.2 Å². The summed E-state index contributed by atoms with van der Waals surface area (Å²) < 4.78 is 35.2. The molecule has 4 N–H and O–H groups in total. The van der Waals surface area contributed by atoms with Crippen LogP contribution in [0.3, 0.4) is 0 Å². The van der Waals surface area contributed by atoms with E-state index < -0.39 is 73.2 Å². The minimum Gasteiger partial charge on any atom is 0 e. The molecule has 0 aromatic rings. The molecule has 0 aliphatic heterocycles. The van der Waals surface area contributed by atoms with E-state index in [0.29, 0.717) is 0 Å². The van der Waals surface area contributed by atoms with Crippen LogP contribution in [0.1, 0.15) is 0 Å². The molecule has 23 heteroatoms. The number of rotatable bonds is 7. The summed E-state index contributed by atoms with van der Waals surface area (Å²) in [6.45, 7) is 21.6. The molecule has 15 nitrogen and oxygen atoms in total. The van der Waals surface area contributed by atoms with Gasteiger partial charge in [-0.05, 0) is 65.6 Å². The van der Waals surface area contributed by atoms with Crippen LogP contribution in [-0.4, -0.2) is 88.2 Å². The first-order chi connectivity index (χ1) is 14.6. The van der Waals surface area contributed by atoms with Crippen molar-refractivity contribution in [1.82, 2.24) is 0 Å². The van der Waals surface area contributed by atoms with Crippen LogP contribution in [0.2, 0.25) is 58.9 Å². The van der Waals surface area contributed by atoms with Gasteiger partial charge in [0.1, 0.15) is 0 Å². The summed E-state index contributed by atoms with van der Waals surface area (Å²) in [7, 11) is -5.18. The Kier molecular flexibility index (Phi) is 47.9. The van der Waals surface area contributed by atoms with Gasteiger partial charge >= 0.3 is 34.3 Å². The maximum Gasteiger partial charge on any atom is 0 e. The zero-order valence-corrected chi connectivity index (χ0v) is 31.1. The molecule has 2 unspecified atom stereocenters. The summed E-state index contributed by atoms with van der Waals surface area (Å²) in [5.74, 6) is 0. The number of aliphatic hydroxyl groups is 1. The topological polar surface area (TPSA) is 229 Å². The van der Waals surface area contributed by atoms with Crippen molar-refractivity contribution in [3.8, 4) is 0 Å². The van der Waals surface area contributed by atoms with Crippen molar-refractivity contribution >= 4 is 52.0 Å². The Morgan fingerprint density at radius 2 is 1.12 bits per heavy atom. The molecule has 34 heavy (non-hydrogen) atoms. The van der Waals surface area contributed by atoms with Gasteiger partial charge in [-0.3, -0.25) is 0 Å². The molecule has 0 aliphatic carbocycles. The van der Waals surface area contributed by atoms with Crippen molar-refractivity contribution < 1.29 is 89.0 Å². The standard InChI is InChI=1S/C9H28O3Si4.CH7OPSi.CH4O.2HNO3.2O.Pd.Ti/c1-13(10-14(2,3)4)11-16(8,9)12-15(5,6)7;1-3-4-2;1-2;2*2-1(3)4;;;;/h13H,1-9H3;2-3H,4H2,1H3;2H,1H3;2*(H,2,3,4);;;;. The summed E-state index contributed by atoms with van der Waals surface area (Å²) >= 11 is -2.00. The quantitative estimate of drug-likeness (QED) is 0.125. The molecular formula is C11H41N2O13PPdSi5Ti. The van der Waals surface area contributed by atoms with Gasteiger partial charge in [-0.25, -0.2) is 0 Å². The third-order valence-corrected chi connectivity index (χ3v) is 15.1. The van der Waals surface area contributed by atoms with E-state index in [-0.39, 0.29) is 20.4 Å². The second-order valence-electron chi connectivity index (χ2n) is 7.60. The molecule has 0 heterocycles. The van der Waals surface area contributed by atoms with Gasteiger partial charge in [-0.15, -0.1) is 28.4 Å². The van der Waals surface area contributed by atoms with Crippen LogP contribution < -0.4 is 0 Å². The normalized spacial score (nSPS) is 11.1. The van der Waals surface area contributed by atoms with Crippen LogP contribution in [0.15, 0.2) is 0 Å². The largest absolute Gasteiger partial charge is 0 e. The van der Waals surface area contributed by atoms with Crippen LogP contribution in [0.4, 0.5) is 0 Å². The molecule has 0 radical (unpaired) electrons. The Balaban J connectivity index is -0.0000000664. The van der Waals surface area contributed by atoms with Gasteiger partial charge in [0.05, 0.1) is 0 Å². The Hall–Kier alpha value is 0.691. The molecule has 0 aliphatic rings. The van der Waals surface area contributed by atoms with E-state index in [1.165, 1.54) is 0 Å². The molecular weight excluding hydrogens is 694 g/mol. The molecule has 0 amide bonds. The van der Waals surface area contributed by atoms with Crippen molar-refractivity contribution in [3.63, 3.8) is 0 Å². The number of hydrogen-bond donors (Lipinski definition) is 4. The van der Waals surface area contributed by atoms with Crippen molar-refractivity contribution in [2.45, 2.75) is 58.9 Å². The summed E-state index contributed by atoms with van der Waals surface area (Å²) in [6.07, 6.45) is 0. The smallest absolute Gasteiger partial charge is 0 e.